The molecule has 0 unspecified atom stereocenters. The van der Waals surface area contributed by atoms with E-state index in [0.29, 0.717) is 12.1 Å². The minimum atomic E-state index is -0.697. The maximum atomic E-state index is 12.8. The van der Waals surface area contributed by atoms with Crippen molar-refractivity contribution < 1.29 is 9.90 Å². The lowest BCUT2D eigenvalue weighted by molar-refractivity contribution is 0.0517. The molecule has 0 saturated heterocycles. The number of halogens is 1. The second-order valence-corrected chi connectivity index (χ2v) is 7.81. The Hall–Kier alpha value is -2.02. The van der Waals surface area contributed by atoms with Crippen molar-refractivity contribution in [2.45, 2.75) is 26.0 Å². The number of aryl methyl sites for hydroxylation is 1. The minimum Gasteiger partial charge on any atom is -0.390 e. The third kappa shape index (κ3) is 4.83. The molecule has 0 spiro atoms. The molecule has 142 valence electrons. The van der Waals surface area contributed by atoms with Gasteiger partial charge in [0.1, 0.15) is 0 Å². The summed E-state index contributed by atoms with van der Waals surface area (Å²) in [7, 11) is 0. The van der Waals surface area contributed by atoms with Crippen molar-refractivity contribution in [2.24, 2.45) is 5.10 Å². The number of benzene rings is 2. The van der Waals surface area contributed by atoms with Gasteiger partial charge in [0.15, 0.2) is 0 Å². The maximum absolute atomic E-state index is 12.8. The molecule has 1 aliphatic rings. The second kappa shape index (κ2) is 8.78. The van der Waals surface area contributed by atoms with Gasteiger partial charge in [-0.2, -0.15) is 5.10 Å². The molecule has 6 heteroatoms. The lowest BCUT2D eigenvalue weighted by atomic mass is 10.00. The third-order valence-electron chi connectivity index (χ3n) is 4.90. The minimum absolute atomic E-state index is 0.117. The number of aliphatic hydroxyl groups excluding tert-OH is 1. The number of β-amino-alcohol motifs (C(OH)–C–C–N with tert-alkyl or cyclic N) is 1. The summed E-state index contributed by atoms with van der Waals surface area (Å²) in [6.45, 7) is 7.70. The highest BCUT2D eigenvalue weighted by Gasteiger charge is 2.23. The molecule has 0 aromatic heterocycles. The first-order chi connectivity index (χ1) is 13.0. The van der Waals surface area contributed by atoms with Gasteiger partial charge in [-0.3, -0.25) is 9.69 Å². The van der Waals surface area contributed by atoms with E-state index in [0.717, 1.165) is 29.5 Å². The fourth-order valence-electron chi connectivity index (χ4n) is 3.43. The first kappa shape index (κ1) is 19.7. The monoisotopic (exact) mass is 429 g/mol. The van der Waals surface area contributed by atoms with E-state index in [4.69, 9.17) is 0 Å². The van der Waals surface area contributed by atoms with E-state index >= 15 is 0 Å². The SMILES string of the molecule is C=NN(C[C@H](O)CN1CCc2ccccc2C1)C(=O)c1cc(Br)ccc1C. The molecule has 0 aliphatic carbocycles. The number of amides is 1. The zero-order valence-corrected chi connectivity index (χ0v) is 17.0. The second-order valence-electron chi connectivity index (χ2n) is 6.90. The van der Waals surface area contributed by atoms with Crippen LogP contribution in [-0.2, 0) is 13.0 Å². The van der Waals surface area contributed by atoms with E-state index in [1.165, 1.54) is 16.1 Å². The van der Waals surface area contributed by atoms with Crippen molar-refractivity contribution >= 4 is 28.6 Å². The Morgan fingerprint density at radius 2 is 2.07 bits per heavy atom. The van der Waals surface area contributed by atoms with Crippen LogP contribution in [0.5, 0.6) is 0 Å². The molecule has 2 aromatic rings. The first-order valence-electron chi connectivity index (χ1n) is 9.00. The number of hydrazone groups is 1. The molecule has 0 saturated carbocycles. The summed E-state index contributed by atoms with van der Waals surface area (Å²) in [5.74, 6) is -0.258. The number of carbonyl (C=O) groups is 1. The highest BCUT2D eigenvalue weighted by atomic mass is 79.9. The molecular weight excluding hydrogens is 406 g/mol. The van der Waals surface area contributed by atoms with E-state index < -0.39 is 6.10 Å². The Labute approximate surface area is 168 Å². The Kier molecular flexibility index (Phi) is 6.42. The van der Waals surface area contributed by atoms with Crippen molar-refractivity contribution in [3.05, 3.63) is 69.2 Å². The van der Waals surface area contributed by atoms with Crippen molar-refractivity contribution in [1.29, 1.82) is 0 Å². The Balaban J connectivity index is 1.62. The van der Waals surface area contributed by atoms with Crippen LogP contribution in [0, 0.1) is 6.92 Å². The van der Waals surface area contributed by atoms with Crippen LogP contribution in [0.4, 0.5) is 0 Å². The van der Waals surface area contributed by atoms with Crippen LogP contribution in [-0.4, -0.2) is 53.4 Å². The fraction of sp³-hybridized carbons (Fsp3) is 0.333. The Morgan fingerprint density at radius 3 is 2.81 bits per heavy atom. The van der Waals surface area contributed by atoms with Crippen LogP contribution >= 0.6 is 15.9 Å². The van der Waals surface area contributed by atoms with E-state index in [2.05, 4.69) is 50.8 Å². The molecule has 1 heterocycles. The highest BCUT2D eigenvalue weighted by molar-refractivity contribution is 9.10. The van der Waals surface area contributed by atoms with Crippen LogP contribution in [0.15, 0.2) is 52.0 Å². The van der Waals surface area contributed by atoms with Crippen LogP contribution in [0.1, 0.15) is 27.0 Å². The summed E-state index contributed by atoms with van der Waals surface area (Å²) in [4.78, 5) is 15.0. The van der Waals surface area contributed by atoms with Gasteiger partial charge in [-0.1, -0.05) is 46.3 Å². The van der Waals surface area contributed by atoms with Crippen molar-refractivity contribution in [3.63, 3.8) is 0 Å². The van der Waals surface area contributed by atoms with E-state index in [-0.39, 0.29) is 12.5 Å². The van der Waals surface area contributed by atoms with E-state index in [1.54, 1.807) is 6.07 Å². The van der Waals surface area contributed by atoms with Crippen molar-refractivity contribution in [3.8, 4) is 0 Å². The van der Waals surface area contributed by atoms with Gasteiger partial charge in [-0.05, 0) is 42.2 Å². The quantitative estimate of drug-likeness (QED) is 0.566. The van der Waals surface area contributed by atoms with Gasteiger partial charge >= 0.3 is 0 Å². The number of fused-ring (bicyclic) bond motifs is 1. The summed E-state index contributed by atoms with van der Waals surface area (Å²) < 4.78 is 0.827. The molecule has 0 radical (unpaired) electrons. The molecule has 2 aromatic carbocycles. The molecule has 1 atom stereocenters. The number of hydrogen-bond acceptors (Lipinski definition) is 4. The zero-order chi connectivity index (χ0) is 19.4. The third-order valence-corrected chi connectivity index (χ3v) is 5.39. The molecule has 27 heavy (non-hydrogen) atoms. The molecule has 1 N–H and O–H groups in total. The van der Waals surface area contributed by atoms with Gasteiger partial charge in [0.05, 0.1) is 12.6 Å². The fourth-order valence-corrected chi connectivity index (χ4v) is 3.80. The topological polar surface area (TPSA) is 56.1 Å². The maximum Gasteiger partial charge on any atom is 0.274 e. The lowest BCUT2D eigenvalue weighted by Crippen LogP contribution is -2.42. The van der Waals surface area contributed by atoms with Crippen LogP contribution in [0.2, 0.25) is 0 Å². The van der Waals surface area contributed by atoms with Crippen molar-refractivity contribution in [1.82, 2.24) is 9.91 Å². The summed E-state index contributed by atoms with van der Waals surface area (Å²) in [5.41, 5.74) is 4.09. The van der Waals surface area contributed by atoms with Gasteiger partial charge in [0.25, 0.3) is 5.91 Å². The van der Waals surface area contributed by atoms with Crippen LogP contribution in [0.25, 0.3) is 0 Å². The predicted molar refractivity (Wildman–Crippen MR) is 111 cm³/mol. The number of aliphatic hydroxyl groups is 1. The summed E-state index contributed by atoms with van der Waals surface area (Å²) in [6.07, 6.45) is 0.278. The predicted octanol–water partition coefficient (Wildman–Crippen LogP) is 3.23. The number of nitrogens with zero attached hydrogens (tertiary/aromatic N) is 3. The number of rotatable bonds is 6. The molecule has 0 bridgehead atoms. The van der Waals surface area contributed by atoms with Gasteiger partial charge in [0.2, 0.25) is 0 Å². The summed E-state index contributed by atoms with van der Waals surface area (Å²) >= 11 is 3.39. The van der Waals surface area contributed by atoms with Gasteiger partial charge in [-0.15, -0.1) is 0 Å². The number of hydrogen-bond donors (Lipinski definition) is 1. The van der Waals surface area contributed by atoms with Gasteiger partial charge in [0, 0.05) is 36.4 Å². The standard InChI is InChI=1S/C21H24BrN3O2/c1-15-7-8-18(22)11-20(15)21(27)25(23-2)14-19(26)13-24-10-9-16-5-3-4-6-17(16)12-24/h3-8,11,19,26H,2,9-10,12-14H2,1H3/t19-/m1/s1. The molecular formula is C21H24BrN3O2. The average molecular weight is 430 g/mol. The van der Waals surface area contributed by atoms with Crippen molar-refractivity contribution in [2.75, 3.05) is 19.6 Å². The first-order valence-corrected chi connectivity index (χ1v) is 9.79. The van der Waals surface area contributed by atoms with Gasteiger partial charge < -0.3 is 5.11 Å². The Morgan fingerprint density at radius 1 is 1.33 bits per heavy atom. The number of carbonyl (C=O) groups excluding carboxylic acids is 1. The van der Waals surface area contributed by atoms with E-state index in [1.807, 2.05) is 25.1 Å². The van der Waals surface area contributed by atoms with Crippen LogP contribution < -0.4 is 0 Å². The summed E-state index contributed by atoms with van der Waals surface area (Å²) in [5, 5.41) is 15.6. The van der Waals surface area contributed by atoms with E-state index in [9.17, 15) is 9.90 Å². The summed E-state index contributed by atoms with van der Waals surface area (Å²) in [6, 6.07) is 13.9. The zero-order valence-electron chi connectivity index (χ0n) is 15.4. The lowest BCUT2D eigenvalue weighted by Gasteiger charge is -2.31. The molecule has 3 rings (SSSR count). The molecule has 1 amide bonds. The molecule has 5 nitrogen and oxygen atoms in total. The van der Waals surface area contributed by atoms with Crippen LogP contribution in [0.3, 0.4) is 0 Å². The largest absolute Gasteiger partial charge is 0.390 e. The molecule has 1 aliphatic heterocycles. The van der Waals surface area contributed by atoms with Gasteiger partial charge in [-0.25, -0.2) is 5.01 Å². The normalized spacial score (nSPS) is 15.1. The Bertz CT molecular complexity index is 840. The highest BCUT2D eigenvalue weighted by Crippen LogP contribution is 2.20. The molecule has 0 fully saturated rings. The average Bonchev–Trinajstić information content (AvgIpc) is 2.67. The smallest absolute Gasteiger partial charge is 0.274 e.